The molecule has 1 unspecified atom stereocenters. The van der Waals surface area contributed by atoms with Crippen LogP contribution < -0.4 is 4.90 Å². The molecule has 0 saturated carbocycles. The Balaban J connectivity index is 2.03. The van der Waals surface area contributed by atoms with Crippen LogP contribution in [0.1, 0.15) is 18.5 Å². The lowest BCUT2D eigenvalue weighted by molar-refractivity contribution is -0.137. The topological polar surface area (TPSA) is 70.5 Å². The summed E-state index contributed by atoms with van der Waals surface area (Å²) in [6, 6.07) is 0. The van der Waals surface area contributed by atoms with E-state index >= 15 is 0 Å². The van der Waals surface area contributed by atoms with E-state index in [0.29, 0.717) is 24.5 Å². The number of carboxylic acids is 1. The molecule has 0 aliphatic carbocycles. The van der Waals surface area contributed by atoms with Gasteiger partial charge in [-0.05, 0) is 0 Å². The molecule has 0 spiro atoms. The van der Waals surface area contributed by atoms with Gasteiger partial charge >= 0.3 is 5.97 Å². The highest BCUT2D eigenvalue weighted by Crippen LogP contribution is 2.28. The van der Waals surface area contributed by atoms with Crippen LogP contribution in [0.15, 0.2) is 18.0 Å². The van der Waals surface area contributed by atoms with Gasteiger partial charge in [0.25, 0.3) is 0 Å². The quantitative estimate of drug-likeness (QED) is 0.823. The van der Waals surface area contributed by atoms with E-state index in [0.717, 1.165) is 5.69 Å². The fourth-order valence-corrected chi connectivity index (χ4v) is 2.73. The number of amides is 1. The molecule has 1 fully saturated rings. The summed E-state index contributed by atoms with van der Waals surface area (Å²) in [6.45, 7) is 4.32. The van der Waals surface area contributed by atoms with Gasteiger partial charge in [0.05, 0.1) is 12.1 Å². The molecule has 1 aromatic heterocycles. The Labute approximate surface area is 109 Å². The highest BCUT2D eigenvalue weighted by molar-refractivity contribution is 7.14. The first kappa shape index (κ1) is 12.8. The van der Waals surface area contributed by atoms with Crippen molar-refractivity contribution in [2.24, 2.45) is 5.92 Å². The second-order valence-electron chi connectivity index (χ2n) is 4.22. The Bertz CT molecular complexity index is 483. The number of thiazole rings is 1. The third-order valence-electron chi connectivity index (χ3n) is 2.85. The van der Waals surface area contributed by atoms with Gasteiger partial charge in [0, 0.05) is 30.7 Å². The molecule has 0 bridgehead atoms. The summed E-state index contributed by atoms with van der Waals surface area (Å²) < 4.78 is 0. The molecule has 1 atom stereocenters. The van der Waals surface area contributed by atoms with Crippen molar-refractivity contribution in [3.63, 3.8) is 0 Å². The van der Waals surface area contributed by atoms with Crippen LogP contribution in [0.25, 0.3) is 0 Å². The molecular weight excluding hydrogens is 252 g/mol. The minimum atomic E-state index is -0.839. The van der Waals surface area contributed by atoms with Gasteiger partial charge in [0.15, 0.2) is 5.13 Å². The van der Waals surface area contributed by atoms with Gasteiger partial charge in [-0.15, -0.1) is 17.9 Å². The Kier molecular flexibility index (Phi) is 3.76. The summed E-state index contributed by atoms with van der Waals surface area (Å²) >= 11 is 1.38. The summed E-state index contributed by atoms with van der Waals surface area (Å²) in [4.78, 5) is 28.2. The van der Waals surface area contributed by atoms with Gasteiger partial charge in [-0.2, -0.15) is 0 Å². The lowest BCUT2D eigenvalue weighted by Crippen LogP contribution is -2.24. The second kappa shape index (κ2) is 5.30. The standard InChI is InChI=1S/C12H14N2O3S/c1-2-8-5-10(15)14(6-8)12-13-9(7-18-12)3-4-11(16)17/h2,7-8H,1,3-6H2,(H,16,17). The zero-order valence-electron chi connectivity index (χ0n) is 9.83. The average molecular weight is 266 g/mol. The number of nitrogens with zero attached hydrogens (tertiary/aromatic N) is 2. The maximum Gasteiger partial charge on any atom is 0.303 e. The minimum Gasteiger partial charge on any atom is -0.481 e. The minimum absolute atomic E-state index is 0.0547. The Morgan fingerprint density at radius 3 is 3.11 bits per heavy atom. The van der Waals surface area contributed by atoms with Crippen molar-refractivity contribution in [3.05, 3.63) is 23.7 Å². The molecule has 6 heteroatoms. The largest absolute Gasteiger partial charge is 0.481 e. The van der Waals surface area contributed by atoms with Gasteiger partial charge in [-0.1, -0.05) is 6.08 Å². The van der Waals surface area contributed by atoms with Crippen LogP contribution in [0.5, 0.6) is 0 Å². The van der Waals surface area contributed by atoms with Crippen LogP contribution in [-0.4, -0.2) is 28.5 Å². The number of aromatic nitrogens is 1. The maximum absolute atomic E-state index is 11.8. The SMILES string of the molecule is C=CC1CC(=O)N(c2nc(CCC(=O)O)cs2)C1. The third-order valence-corrected chi connectivity index (χ3v) is 3.77. The molecule has 96 valence electrons. The van der Waals surface area contributed by atoms with Crippen LogP contribution >= 0.6 is 11.3 Å². The first-order valence-corrected chi connectivity index (χ1v) is 6.57. The van der Waals surface area contributed by atoms with E-state index < -0.39 is 5.97 Å². The van der Waals surface area contributed by atoms with E-state index in [1.165, 1.54) is 11.3 Å². The van der Waals surface area contributed by atoms with Crippen molar-refractivity contribution >= 4 is 28.3 Å². The van der Waals surface area contributed by atoms with Gasteiger partial charge in [-0.25, -0.2) is 4.98 Å². The molecule has 2 heterocycles. The molecule has 0 radical (unpaired) electrons. The molecule has 1 aliphatic heterocycles. The van der Waals surface area contributed by atoms with Crippen LogP contribution in [0.4, 0.5) is 5.13 Å². The number of carbonyl (C=O) groups is 2. The summed E-state index contributed by atoms with van der Waals surface area (Å²) in [7, 11) is 0. The summed E-state index contributed by atoms with van der Waals surface area (Å²) in [5.74, 6) is -0.601. The normalized spacial score (nSPS) is 19.2. The lowest BCUT2D eigenvalue weighted by atomic mass is 10.1. The van der Waals surface area contributed by atoms with E-state index in [9.17, 15) is 9.59 Å². The zero-order chi connectivity index (χ0) is 13.1. The fourth-order valence-electron chi connectivity index (χ4n) is 1.85. The van der Waals surface area contributed by atoms with E-state index in [1.54, 1.807) is 11.0 Å². The number of hydrogen-bond donors (Lipinski definition) is 1. The number of aryl methyl sites for hydroxylation is 1. The fraction of sp³-hybridized carbons (Fsp3) is 0.417. The van der Waals surface area contributed by atoms with Crippen molar-refractivity contribution < 1.29 is 14.7 Å². The molecule has 1 N–H and O–H groups in total. The lowest BCUT2D eigenvalue weighted by Gasteiger charge is -2.11. The molecule has 2 rings (SSSR count). The van der Waals surface area contributed by atoms with Gasteiger partial charge < -0.3 is 5.11 Å². The predicted molar refractivity (Wildman–Crippen MR) is 68.7 cm³/mol. The van der Waals surface area contributed by atoms with Gasteiger partial charge in [-0.3, -0.25) is 14.5 Å². The Hall–Kier alpha value is -1.69. The number of carbonyl (C=O) groups excluding carboxylic acids is 1. The first-order valence-electron chi connectivity index (χ1n) is 5.69. The second-order valence-corrected chi connectivity index (χ2v) is 5.06. The Morgan fingerprint density at radius 2 is 2.50 bits per heavy atom. The molecule has 0 aromatic carbocycles. The number of aliphatic carboxylic acids is 1. The van der Waals surface area contributed by atoms with Crippen molar-refractivity contribution in [1.29, 1.82) is 0 Å². The maximum atomic E-state index is 11.8. The molecule has 1 amide bonds. The van der Waals surface area contributed by atoms with Gasteiger partial charge in [0.1, 0.15) is 0 Å². The molecule has 1 saturated heterocycles. The molecule has 1 aromatic rings. The number of anilines is 1. The van der Waals surface area contributed by atoms with E-state index in [2.05, 4.69) is 11.6 Å². The highest BCUT2D eigenvalue weighted by Gasteiger charge is 2.30. The molecule has 5 nitrogen and oxygen atoms in total. The van der Waals surface area contributed by atoms with Crippen LogP contribution in [0, 0.1) is 5.92 Å². The van der Waals surface area contributed by atoms with E-state index in [4.69, 9.17) is 5.11 Å². The van der Waals surface area contributed by atoms with Gasteiger partial charge in [0.2, 0.25) is 5.91 Å². The van der Waals surface area contributed by atoms with E-state index in [1.807, 2.05) is 5.38 Å². The van der Waals surface area contributed by atoms with Crippen molar-refractivity contribution in [3.8, 4) is 0 Å². The van der Waals surface area contributed by atoms with Crippen LogP contribution in [0.3, 0.4) is 0 Å². The summed E-state index contributed by atoms with van der Waals surface area (Å²) in [5, 5.41) is 11.1. The zero-order valence-corrected chi connectivity index (χ0v) is 10.7. The third kappa shape index (κ3) is 2.76. The monoisotopic (exact) mass is 266 g/mol. The summed E-state index contributed by atoms with van der Waals surface area (Å²) in [5.41, 5.74) is 0.729. The first-order chi connectivity index (χ1) is 8.60. The Morgan fingerprint density at radius 1 is 1.72 bits per heavy atom. The predicted octanol–water partition coefficient (Wildman–Crippen LogP) is 1.70. The van der Waals surface area contributed by atoms with Crippen LogP contribution in [-0.2, 0) is 16.0 Å². The number of carboxylic acid groups (broad SMARTS) is 1. The molecule has 18 heavy (non-hydrogen) atoms. The smallest absolute Gasteiger partial charge is 0.303 e. The van der Waals surface area contributed by atoms with Crippen molar-refractivity contribution in [1.82, 2.24) is 4.98 Å². The number of hydrogen-bond acceptors (Lipinski definition) is 4. The summed E-state index contributed by atoms with van der Waals surface area (Å²) in [6.07, 6.45) is 2.73. The molecule has 1 aliphatic rings. The van der Waals surface area contributed by atoms with Crippen LogP contribution in [0.2, 0.25) is 0 Å². The highest BCUT2D eigenvalue weighted by atomic mass is 32.1. The van der Waals surface area contributed by atoms with Crippen molar-refractivity contribution in [2.75, 3.05) is 11.4 Å². The van der Waals surface area contributed by atoms with Crippen molar-refractivity contribution in [2.45, 2.75) is 19.3 Å². The number of rotatable bonds is 5. The van der Waals surface area contributed by atoms with E-state index in [-0.39, 0.29) is 18.2 Å². The molecular formula is C12H14N2O3S. The average Bonchev–Trinajstić information content (AvgIpc) is 2.92.